The predicted octanol–water partition coefficient (Wildman–Crippen LogP) is -1.99. The lowest BCUT2D eigenvalue weighted by Crippen LogP contribution is -2.62. The number of aromatic hydroxyl groups is 1. The van der Waals surface area contributed by atoms with Gasteiger partial charge >= 0.3 is 0 Å². The number of benzene rings is 1. The van der Waals surface area contributed by atoms with Crippen LogP contribution in [0.3, 0.4) is 0 Å². The quantitative estimate of drug-likeness (QED) is 0.215. The number of phenols is 1. The molecule has 0 saturated carbocycles. The van der Waals surface area contributed by atoms with Crippen molar-refractivity contribution in [3.05, 3.63) is 29.8 Å². The van der Waals surface area contributed by atoms with Gasteiger partial charge in [-0.2, -0.15) is 0 Å². The highest BCUT2D eigenvalue weighted by Crippen LogP contribution is 2.25. The minimum absolute atomic E-state index is 0.0263. The highest BCUT2D eigenvalue weighted by Gasteiger charge is 2.43. The smallest absolute Gasteiger partial charge is 0.202 e. The second-order valence-corrected chi connectivity index (χ2v) is 5.05. The highest BCUT2D eigenvalue weighted by atomic mass is 16.4. The van der Waals surface area contributed by atoms with Crippen LogP contribution in [-0.2, 0) is 4.79 Å². The van der Waals surface area contributed by atoms with Gasteiger partial charge < -0.3 is 30.6 Å². The lowest BCUT2D eigenvalue weighted by atomic mass is 9.96. The number of carbonyl (C=O) groups excluding carboxylic acids is 1. The first kappa shape index (κ1) is 18.5. The summed E-state index contributed by atoms with van der Waals surface area (Å²) in [7, 11) is 0. The van der Waals surface area contributed by atoms with Gasteiger partial charge in [-0.15, -0.1) is 0 Å². The maximum atomic E-state index is 11.1. The molecule has 8 nitrogen and oxygen atoms in total. The van der Waals surface area contributed by atoms with E-state index in [4.69, 9.17) is 5.11 Å². The zero-order valence-corrected chi connectivity index (χ0v) is 12.0. The summed E-state index contributed by atoms with van der Waals surface area (Å²) in [6.45, 7) is 0.660. The zero-order valence-electron chi connectivity index (χ0n) is 12.0. The molecule has 0 aromatic heterocycles. The molecule has 0 aliphatic carbocycles. The van der Waals surface area contributed by atoms with Crippen molar-refractivity contribution in [1.82, 2.24) is 5.32 Å². The zero-order chi connectivity index (χ0) is 16.9. The van der Waals surface area contributed by atoms with E-state index in [-0.39, 0.29) is 12.0 Å². The summed E-state index contributed by atoms with van der Waals surface area (Å²) in [6.07, 6.45) is -5.81. The summed E-state index contributed by atoms with van der Waals surface area (Å²) >= 11 is 0. The van der Waals surface area contributed by atoms with Gasteiger partial charge in [0.05, 0.1) is 6.61 Å². The minimum Gasteiger partial charge on any atom is -0.508 e. The van der Waals surface area contributed by atoms with Crippen LogP contribution in [0.1, 0.15) is 18.5 Å². The Labute approximate surface area is 127 Å². The maximum absolute atomic E-state index is 11.1. The number of aliphatic hydroxyl groups is 5. The van der Waals surface area contributed by atoms with Crippen LogP contribution in [0.2, 0.25) is 0 Å². The van der Waals surface area contributed by atoms with E-state index < -0.39 is 36.7 Å². The van der Waals surface area contributed by atoms with Gasteiger partial charge in [-0.3, -0.25) is 10.1 Å². The van der Waals surface area contributed by atoms with E-state index in [9.17, 15) is 30.3 Å². The number of aliphatic hydroxyl groups excluding tert-OH is 4. The van der Waals surface area contributed by atoms with Gasteiger partial charge in [-0.05, 0) is 13.0 Å². The Balaban J connectivity index is 2.94. The lowest BCUT2D eigenvalue weighted by Gasteiger charge is -2.35. The second-order valence-electron chi connectivity index (χ2n) is 5.05. The number of carbonyl (C=O) groups is 1. The maximum Gasteiger partial charge on any atom is 0.202 e. The fraction of sp³-hybridized carbons (Fsp3) is 0.500. The molecule has 1 unspecified atom stereocenters. The number of aldehydes is 1. The Bertz CT molecular complexity index is 498. The molecule has 0 fully saturated rings. The fourth-order valence-electron chi connectivity index (χ4n) is 2.05. The SMILES string of the molecule is CC(N[C@](O)(C=O)[C@H](O)[C@@H](O)[C@H](O)CO)c1ccccc1O. The number of hydrogen-bond donors (Lipinski definition) is 7. The van der Waals surface area contributed by atoms with E-state index in [1.807, 2.05) is 0 Å². The van der Waals surface area contributed by atoms with Gasteiger partial charge in [0.1, 0.15) is 24.1 Å². The Kier molecular flexibility index (Phi) is 6.42. The average molecular weight is 315 g/mol. The fourth-order valence-corrected chi connectivity index (χ4v) is 2.05. The van der Waals surface area contributed by atoms with Crippen molar-refractivity contribution in [3.8, 4) is 5.75 Å². The van der Waals surface area contributed by atoms with Crippen molar-refractivity contribution < 1.29 is 35.4 Å². The molecule has 0 amide bonds. The van der Waals surface area contributed by atoms with Crippen LogP contribution in [0.5, 0.6) is 5.75 Å². The molecule has 0 radical (unpaired) electrons. The summed E-state index contributed by atoms with van der Waals surface area (Å²) in [6, 6.07) is 5.42. The molecule has 8 heteroatoms. The number of hydrogen-bond acceptors (Lipinski definition) is 8. The summed E-state index contributed by atoms with van der Waals surface area (Å²) in [4.78, 5) is 11.1. The van der Waals surface area contributed by atoms with Crippen LogP contribution >= 0.6 is 0 Å². The van der Waals surface area contributed by atoms with Crippen molar-refractivity contribution >= 4 is 6.29 Å². The molecule has 5 atom stereocenters. The molecule has 0 aliphatic heterocycles. The molecular formula is C14H21NO7. The number of phenolic OH excluding ortho intramolecular Hbond substituents is 1. The van der Waals surface area contributed by atoms with E-state index >= 15 is 0 Å². The predicted molar refractivity (Wildman–Crippen MR) is 75.8 cm³/mol. The average Bonchev–Trinajstić information content (AvgIpc) is 2.52. The standard InChI is InChI=1S/C14H21NO7/c1-8(9-4-2-3-5-10(9)18)15-14(22,7-17)13(21)12(20)11(19)6-16/h2-5,7-8,11-13,15-16,18-22H,6H2,1H3/t8?,11-,12+,13-,14+/m1/s1. The van der Waals surface area contributed by atoms with E-state index in [0.717, 1.165) is 0 Å². The van der Waals surface area contributed by atoms with Gasteiger partial charge in [0, 0.05) is 11.6 Å². The molecule has 1 aromatic rings. The molecule has 0 heterocycles. The van der Waals surface area contributed by atoms with Gasteiger partial charge in [-0.25, -0.2) is 0 Å². The summed E-state index contributed by atoms with van der Waals surface area (Å²) in [5.74, 6) is -0.0822. The third-order valence-corrected chi connectivity index (χ3v) is 3.39. The van der Waals surface area contributed by atoms with E-state index in [1.165, 1.54) is 13.0 Å². The van der Waals surface area contributed by atoms with Crippen LogP contribution in [0.25, 0.3) is 0 Å². The largest absolute Gasteiger partial charge is 0.508 e. The molecule has 1 rings (SSSR count). The van der Waals surface area contributed by atoms with Crippen molar-refractivity contribution in [2.45, 2.75) is 37.0 Å². The third kappa shape index (κ3) is 4.01. The number of para-hydroxylation sites is 1. The molecule has 0 spiro atoms. The van der Waals surface area contributed by atoms with Crippen molar-refractivity contribution in [2.24, 2.45) is 0 Å². The van der Waals surface area contributed by atoms with Gasteiger partial charge in [0.2, 0.25) is 5.72 Å². The second kappa shape index (κ2) is 7.63. The lowest BCUT2D eigenvalue weighted by molar-refractivity contribution is -0.175. The summed E-state index contributed by atoms with van der Waals surface area (Å²) in [5, 5.41) is 59.8. The van der Waals surface area contributed by atoms with E-state index in [0.29, 0.717) is 5.56 Å². The van der Waals surface area contributed by atoms with Crippen LogP contribution < -0.4 is 5.32 Å². The van der Waals surface area contributed by atoms with Crippen LogP contribution in [0.15, 0.2) is 24.3 Å². The van der Waals surface area contributed by atoms with Crippen molar-refractivity contribution in [1.29, 1.82) is 0 Å². The summed E-state index contributed by atoms with van der Waals surface area (Å²) in [5.41, 5.74) is -2.23. The molecule has 7 N–H and O–H groups in total. The van der Waals surface area contributed by atoms with Crippen LogP contribution in [0, 0.1) is 0 Å². The monoisotopic (exact) mass is 315 g/mol. The first-order valence-corrected chi connectivity index (χ1v) is 6.66. The normalized spacial score (nSPS) is 19.7. The first-order chi connectivity index (χ1) is 10.3. The van der Waals surface area contributed by atoms with E-state index in [1.54, 1.807) is 18.2 Å². The highest BCUT2D eigenvalue weighted by molar-refractivity contribution is 5.63. The topological polar surface area (TPSA) is 150 Å². The van der Waals surface area contributed by atoms with Crippen LogP contribution in [-0.4, -0.2) is 67.6 Å². The molecule has 1 aromatic carbocycles. The molecular weight excluding hydrogens is 294 g/mol. The molecule has 22 heavy (non-hydrogen) atoms. The molecule has 124 valence electrons. The first-order valence-electron chi connectivity index (χ1n) is 6.66. The number of rotatable bonds is 8. The number of nitrogens with one attached hydrogen (secondary N) is 1. The Morgan fingerprint density at radius 2 is 1.86 bits per heavy atom. The Morgan fingerprint density at radius 3 is 2.36 bits per heavy atom. The van der Waals surface area contributed by atoms with Crippen molar-refractivity contribution in [2.75, 3.05) is 6.61 Å². The summed E-state index contributed by atoms with van der Waals surface area (Å²) < 4.78 is 0. The Morgan fingerprint density at radius 1 is 1.27 bits per heavy atom. The molecule has 0 aliphatic rings. The van der Waals surface area contributed by atoms with Crippen molar-refractivity contribution in [3.63, 3.8) is 0 Å². The van der Waals surface area contributed by atoms with Gasteiger partial charge in [0.25, 0.3) is 0 Å². The minimum atomic E-state index is -2.59. The van der Waals surface area contributed by atoms with E-state index in [2.05, 4.69) is 5.32 Å². The Hall–Kier alpha value is -1.55. The molecule has 0 bridgehead atoms. The van der Waals surface area contributed by atoms with Gasteiger partial charge in [-0.1, -0.05) is 18.2 Å². The van der Waals surface area contributed by atoms with Gasteiger partial charge in [0.15, 0.2) is 6.29 Å². The third-order valence-electron chi connectivity index (χ3n) is 3.39. The molecule has 0 saturated heterocycles. The van der Waals surface area contributed by atoms with Crippen LogP contribution in [0.4, 0.5) is 0 Å².